The van der Waals surface area contributed by atoms with E-state index in [1.807, 2.05) is 0 Å². The van der Waals surface area contributed by atoms with Gasteiger partial charge in [-0.25, -0.2) is 0 Å². The molecule has 3 heteroatoms. The summed E-state index contributed by atoms with van der Waals surface area (Å²) in [6, 6.07) is 8.47. The molecule has 1 saturated carbocycles. The third kappa shape index (κ3) is 2.66. The minimum absolute atomic E-state index is 0.235. The van der Waals surface area contributed by atoms with Gasteiger partial charge in [0.15, 0.2) is 0 Å². The number of aryl methyl sites for hydroxylation is 1. The van der Waals surface area contributed by atoms with Crippen LogP contribution in [-0.4, -0.2) is 37.0 Å². The van der Waals surface area contributed by atoms with E-state index in [-0.39, 0.29) is 5.92 Å². The highest BCUT2D eigenvalue weighted by molar-refractivity contribution is 5.83. The molecule has 2 fully saturated rings. The lowest BCUT2D eigenvalue weighted by molar-refractivity contribution is -0.132. The number of rotatable bonds is 2. The van der Waals surface area contributed by atoms with Crippen molar-refractivity contribution in [2.24, 2.45) is 5.92 Å². The zero-order valence-corrected chi connectivity index (χ0v) is 11.6. The minimum Gasteiger partial charge on any atom is -0.341 e. The van der Waals surface area contributed by atoms with Crippen LogP contribution in [0.25, 0.3) is 0 Å². The molecule has 19 heavy (non-hydrogen) atoms. The van der Waals surface area contributed by atoms with Gasteiger partial charge in [0.2, 0.25) is 5.91 Å². The van der Waals surface area contributed by atoms with Crippen molar-refractivity contribution in [1.29, 1.82) is 0 Å². The SMILES string of the molecule is Cc1ccccc1C1CC1C(=O)N1CCCNCC1. The average Bonchev–Trinajstić information content (AvgIpc) is 3.22. The van der Waals surface area contributed by atoms with Gasteiger partial charge >= 0.3 is 0 Å². The molecule has 2 unspecified atom stereocenters. The van der Waals surface area contributed by atoms with Crippen molar-refractivity contribution >= 4 is 5.91 Å². The van der Waals surface area contributed by atoms with E-state index < -0.39 is 0 Å². The second-order valence-corrected chi connectivity index (χ2v) is 5.73. The maximum absolute atomic E-state index is 12.5. The van der Waals surface area contributed by atoms with Crippen molar-refractivity contribution in [3.63, 3.8) is 0 Å². The van der Waals surface area contributed by atoms with E-state index in [9.17, 15) is 4.79 Å². The zero-order valence-electron chi connectivity index (χ0n) is 11.6. The van der Waals surface area contributed by atoms with E-state index >= 15 is 0 Å². The van der Waals surface area contributed by atoms with Crippen LogP contribution >= 0.6 is 0 Å². The van der Waals surface area contributed by atoms with Crippen LogP contribution in [0.2, 0.25) is 0 Å². The molecule has 0 radical (unpaired) electrons. The van der Waals surface area contributed by atoms with Gasteiger partial charge < -0.3 is 10.2 Å². The van der Waals surface area contributed by atoms with Crippen LogP contribution in [0.3, 0.4) is 0 Å². The maximum Gasteiger partial charge on any atom is 0.226 e. The molecule has 1 heterocycles. The number of benzene rings is 1. The molecule has 3 nitrogen and oxygen atoms in total. The van der Waals surface area contributed by atoms with E-state index in [1.165, 1.54) is 11.1 Å². The molecule has 2 aliphatic rings. The van der Waals surface area contributed by atoms with Crippen molar-refractivity contribution in [3.8, 4) is 0 Å². The van der Waals surface area contributed by atoms with Gasteiger partial charge in [-0.3, -0.25) is 4.79 Å². The van der Waals surface area contributed by atoms with Crippen molar-refractivity contribution in [3.05, 3.63) is 35.4 Å². The summed E-state index contributed by atoms with van der Waals surface area (Å²) in [6.45, 7) is 5.91. The highest BCUT2D eigenvalue weighted by Crippen LogP contribution is 2.49. The topological polar surface area (TPSA) is 32.3 Å². The monoisotopic (exact) mass is 258 g/mol. The lowest BCUT2D eigenvalue weighted by Crippen LogP contribution is -2.35. The van der Waals surface area contributed by atoms with Crippen LogP contribution in [-0.2, 0) is 4.79 Å². The Bertz CT molecular complexity index is 464. The Kier molecular flexibility index (Phi) is 3.56. The predicted molar refractivity (Wildman–Crippen MR) is 76.1 cm³/mol. The fraction of sp³-hybridized carbons (Fsp3) is 0.562. The van der Waals surface area contributed by atoms with E-state index in [1.54, 1.807) is 0 Å². The smallest absolute Gasteiger partial charge is 0.226 e. The van der Waals surface area contributed by atoms with Crippen LogP contribution in [0.4, 0.5) is 0 Å². The first kappa shape index (κ1) is 12.7. The quantitative estimate of drug-likeness (QED) is 0.879. The predicted octanol–water partition coefficient (Wildman–Crippen LogP) is 1.92. The molecular formula is C16H22N2O. The molecule has 1 aromatic carbocycles. The number of nitrogens with one attached hydrogen (secondary N) is 1. The van der Waals surface area contributed by atoms with Crippen LogP contribution in [0.1, 0.15) is 29.9 Å². The summed E-state index contributed by atoms with van der Waals surface area (Å²) in [5, 5.41) is 3.35. The molecule has 1 aliphatic carbocycles. The lowest BCUT2D eigenvalue weighted by atomic mass is 10.0. The van der Waals surface area contributed by atoms with Crippen molar-refractivity contribution in [1.82, 2.24) is 10.2 Å². The number of carbonyl (C=O) groups is 1. The van der Waals surface area contributed by atoms with Gasteiger partial charge in [0.25, 0.3) is 0 Å². The Labute approximate surface area is 115 Å². The highest BCUT2D eigenvalue weighted by Gasteiger charge is 2.46. The normalized spacial score (nSPS) is 26.9. The molecule has 1 saturated heterocycles. The van der Waals surface area contributed by atoms with E-state index in [0.717, 1.165) is 39.0 Å². The van der Waals surface area contributed by atoms with Crippen LogP contribution in [0, 0.1) is 12.8 Å². The van der Waals surface area contributed by atoms with Gasteiger partial charge in [-0.1, -0.05) is 24.3 Å². The Hall–Kier alpha value is -1.35. The largest absolute Gasteiger partial charge is 0.341 e. The van der Waals surface area contributed by atoms with Crippen LogP contribution in [0.5, 0.6) is 0 Å². The molecule has 0 spiro atoms. The fourth-order valence-electron chi connectivity index (χ4n) is 3.12. The maximum atomic E-state index is 12.5. The molecule has 3 rings (SSSR count). The van der Waals surface area contributed by atoms with Crippen molar-refractivity contribution in [2.75, 3.05) is 26.2 Å². The van der Waals surface area contributed by atoms with Gasteiger partial charge in [-0.15, -0.1) is 0 Å². The molecule has 0 bridgehead atoms. The number of nitrogens with zero attached hydrogens (tertiary/aromatic N) is 1. The van der Waals surface area contributed by atoms with Gasteiger partial charge in [0, 0.05) is 25.6 Å². The Balaban J connectivity index is 1.66. The highest BCUT2D eigenvalue weighted by atomic mass is 16.2. The second kappa shape index (κ2) is 5.33. The molecule has 102 valence electrons. The summed E-state index contributed by atoms with van der Waals surface area (Å²) in [7, 11) is 0. The molecule has 1 aliphatic heterocycles. The van der Waals surface area contributed by atoms with Crippen LogP contribution < -0.4 is 5.32 Å². The summed E-state index contributed by atoms with van der Waals surface area (Å²) >= 11 is 0. The first-order valence-electron chi connectivity index (χ1n) is 7.32. The Morgan fingerprint density at radius 3 is 2.95 bits per heavy atom. The van der Waals surface area contributed by atoms with Crippen molar-refractivity contribution < 1.29 is 4.79 Å². The first-order chi connectivity index (χ1) is 9.27. The molecular weight excluding hydrogens is 236 g/mol. The number of amides is 1. The molecule has 1 amide bonds. The number of carbonyl (C=O) groups excluding carboxylic acids is 1. The Morgan fingerprint density at radius 2 is 2.11 bits per heavy atom. The summed E-state index contributed by atoms with van der Waals surface area (Å²) < 4.78 is 0. The number of hydrogen-bond donors (Lipinski definition) is 1. The van der Waals surface area contributed by atoms with Gasteiger partial charge in [0.1, 0.15) is 0 Å². The van der Waals surface area contributed by atoms with E-state index in [4.69, 9.17) is 0 Å². The minimum atomic E-state index is 0.235. The summed E-state index contributed by atoms with van der Waals surface area (Å²) in [4.78, 5) is 14.6. The van der Waals surface area contributed by atoms with E-state index in [0.29, 0.717) is 11.8 Å². The zero-order chi connectivity index (χ0) is 13.2. The summed E-state index contributed by atoms with van der Waals surface area (Å²) in [6.07, 6.45) is 2.11. The molecule has 0 aromatic heterocycles. The molecule has 1 aromatic rings. The Morgan fingerprint density at radius 1 is 1.26 bits per heavy atom. The summed E-state index contributed by atoms with van der Waals surface area (Å²) in [5.41, 5.74) is 2.69. The third-order valence-corrected chi connectivity index (χ3v) is 4.35. The number of hydrogen-bond acceptors (Lipinski definition) is 2. The second-order valence-electron chi connectivity index (χ2n) is 5.73. The van der Waals surface area contributed by atoms with E-state index in [2.05, 4.69) is 41.4 Å². The first-order valence-corrected chi connectivity index (χ1v) is 7.32. The van der Waals surface area contributed by atoms with Gasteiger partial charge in [0.05, 0.1) is 0 Å². The third-order valence-electron chi connectivity index (χ3n) is 4.35. The van der Waals surface area contributed by atoms with Crippen molar-refractivity contribution in [2.45, 2.75) is 25.7 Å². The molecule has 1 N–H and O–H groups in total. The average molecular weight is 258 g/mol. The van der Waals surface area contributed by atoms with Gasteiger partial charge in [-0.05, 0) is 43.4 Å². The van der Waals surface area contributed by atoms with Gasteiger partial charge in [-0.2, -0.15) is 0 Å². The fourth-order valence-corrected chi connectivity index (χ4v) is 3.12. The lowest BCUT2D eigenvalue weighted by Gasteiger charge is -2.20. The molecule has 2 atom stereocenters. The standard InChI is InChI=1S/C16H22N2O/c1-12-5-2-3-6-13(12)14-11-15(14)16(19)18-9-4-7-17-8-10-18/h2-3,5-6,14-15,17H,4,7-11H2,1H3. The summed E-state index contributed by atoms with van der Waals surface area (Å²) in [5.74, 6) is 1.07. The van der Waals surface area contributed by atoms with Crippen LogP contribution in [0.15, 0.2) is 24.3 Å².